The predicted molar refractivity (Wildman–Crippen MR) is 92.4 cm³/mol. The number of carbonyl (C=O) groups excluding carboxylic acids is 2. The average molecular weight is 400 g/mol. The average Bonchev–Trinajstić information content (AvgIpc) is 3.27. The maximum absolute atomic E-state index is 12.5. The summed E-state index contributed by atoms with van der Waals surface area (Å²) in [4.78, 5) is 25.1. The van der Waals surface area contributed by atoms with Crippen molar-refractivity contribution < 1.29 is 14.3 Å². The number of hydrazone groups is 1. The molecule has 1 aliphatic heterocycles. The molecule has 0 spiro atoms. The second-order valence-electron chi connectivity index (χ2n) is 6.37. The third-order valence-corrected chi connectivity index (χ3v) is 5.64. The van der Waals surface area contributed by atoms with E-state index in [2.05, 4.69) is 33.2 Å². The quantitative estimate of drug-likeness (QED) is 0.442. The molecule has 6 nitrogen and oxygen atoms in total. The number of benzene rings is 1. The Morgan fingerprint density at radius 3 is 2.56 bits per heavy atom. The van der Waals surface area contributed by atoms with Crippen molar-refractivity contribution in [2.75, 3.05) is 6.61 Å². The molecule has 1 aromatic carbocycles. The molecule has 2 amide bonds. The standard InChI is InChI=1S/C18H14BrN3O3/c19-13-7-10(1-4-14(13)25-6-5-20)9-21-22-17(23)15-11-2-3-12(8-11)16(15)18(22)24/h1-4,7,9,11-12,15-16H,6,8H2/t11-,12-,15-,16+/m0/s1. The summed E-state index contributed by atoms with van der Waals surface area (Å²) in [5, 5.41) is 13.7. The van der Waals surface area contributed by atoms with Crippen LogP contribution in [0.1, 0.15) is 12.0 Å². The van der Waals surface area contributed by atoms with Gasteiger partial charge < -0.3 is 4.74 Å². The van der Waals surface area contributed by atoms with Gasteiger partial charge in [0.2, 0.25) is 0 Å². The van der Waals surface area contributed by atoms with E-state index in [-0.39, 0.29) is 42.1 Å². The van der Waals surface area contributed by atoms with Crippen LogP contribution in [0.4, 0.5) is 0 Å². The minimum Gasteiger partial charge on any atom is -0.478 e. The van der Waals surface area contributed by atoms with Gasteiger partial charge in [0.1, 0.15) is 11.8 Å². The predicted octanol–water partition coefficient (Wildman–Crippen LogP) is 2.49. The van der Waals surface area contributed by atoms with Crippen LogP contribution in [-0.2, 0) is 9.59 Å². The molecule has 1 heterocycles. The maximum atomic E-state index is 12.5. The molecule has 126 valence electrons. The van der Waals surface area contributed by atoms with E-state index in [1.807, 2.05) is 6.07 Å². The zero-order valence-corrected chi connectivity index (χ0v) is 14.7. The Hall–Kier alpha value is -2.46. The van der Waals surface area contributed by atoms with Gasteiger partial charge >= 0.3 is 0 Å². The van der Waals surface area contributed by atoms with Crippen LogP contribution in [0.3, 0.4) is 0 Å². The molecule has 1 aromatic rings. The van der Waals surface area contributed by atoms with Gasteiger partial charge in [0.15, 0.2) is 6.61 Å². The van der Waals surface area contributed by atoms with Crippen LogP contribution in [0.2, 0.25) is 0 Å². The van der Waals surface area contributed by atoms with Gasteiger partial charge in [-0.1, -0.05) is 12.2 Å². The highest BCUT2D eigenvalue weighted by Gasteiger charge is 2.59. The molecule has 25 heavy (non-hydrogen) atoms. The van der Waals surface area contributed by atoms with Crippen molar-refractivity contribution in [2.45, 2.75) is 6.42 Å². The number of halogens is 1. The number of rotatable bonds is 4. The summed E-state index contributed by atoms with van der Waals surface area (Å²) in [6.07, 6.45) is 6.51. The summed E-state index contributed by atoms with van der Waals surface area (Å²) >= 11 is 3.37. The number of hydrogen-bond acceptors (Lipinski definition) is 5. The highest BCUT2D eigenvalue weighted by molar-refractivity contribution is 9.10. The SMILES string of the molecule is N#CCOc1ccc(C=NN2C(=O)[C@@H]3[C@H](C2=O)[C@H]2C=C[C@H]3C2)cc1Br. The first-order chi connectivity index (χ1) is 12.1. The van der Waals surface area contributed by atoms with Crippen molar-refractivity contribution in [3.63, 3.8) is 0 Å². The van der Waals surface area contributed by atoms with E-state index in [0.29, 0.717) is 10.2 Å². The second-order valence-corrected chi connectivity index (χ2v) is 7.22. The number of fused-ring (bicyclic) bond motifs is 5. The lowest BCUT2D eigenvalue weighted by molar-refractivity contribution is -0.140. The molecular weight excluding hydrogens is 386 g/mol. The number of carbonyl (C=O) groups is 2. The third kappa shape index (κ3) is 2.57. The summed E-state index contributed by atoms with van der Waals surface area (Å²) < 4.78 is 5.93. The minimum atomic E-state index is -0.242. The van der Waals surface area contributed by atoms with Crippen LogP contribution in [0.15, 0.2) is 39.9 Å². The van der Waals surface area contributed by atoms with Crippen LogP contribution < -0.4 is 4.74 Å². The molecule has 2 aliphatic carbocycles. The highest BCUT2D eigenvalue weighted by atomic mass is 79.9. The molecule has 4 atom stereocenters. The van der Waals surface area contributed by atoms with Crippen molar-refractivity contribution in [1.82, 2.24) is 5.01 Å². The number of nitrogens with zero attached hydrogens (tertiary/aromatic N) is 3. The lowest BCUT2D eigenvalue weighted by atomic mass is 9.85. The molecule has 0 N–H and O–H groups in total. The summed E-state index contributed by atoms with van der Waals surface area (Å²) in [6, 6.07) is 7.11. The topological polar surface area (TPSA) is 82.8 Å². The molecule has 2 fully saturated rings. The van der Waals surface area contributed by atoms with E-state index >= 15 is 0 Å². The van der Waals surface area contributed by atoms with Gasteiger partial charge in [-0.2, -0.15) is 15.4 Å². The summed E-state index contributed by atoms with van der Waals surface area (Å²) in [7, 11) is 0. The zero-order chi connectivity index (χ0) is 17.6. The highest BCUT2D eigenvalue weighted by Crippen LogP contribution is 2.52. The summed E-state index contributed by atoms with van der Waals surface area (Å²) in [5.74, 6) is 0.0208. The zero-order valence-electron chi connectivity index (χ0n) is 13.1. The Morgan fingerprint density at radius 1 is 1.28 bits per heavy atom. The van der Waals surface area contributed by atoms with E-state index in [0.717, 1.165) is 17.0 Å². The van der Waals surface area contributed by atoms with E-state index in [4.69, 9.17) is 10.00 Å². The fourth-order valence-corrected chi connectivity index (χ4v) is 4.46. The Kier molecular flexibility index (Phi) is 3.92. The maximum Gasteiger partial charge on any atom is 0.254 e. The minimum absolute atomic E-state index is 0.0397. The number of ether oxygens (including phenoxy) is 1. The van der Waals surface area contributed by atoms with Gasteiger partial charge in [-0.15, -0.1) is 0 Å². The molecule has 1 saturated carbocycles. The van der Waals surface area contributed by atoms with Gasteiger partial charge in [0.25, 0.3) is 11.8 Å². The second kappa shape index (κ2) is 6.12. The van der Waals surface area contributed by atoms with Gasteiger partial charge in [0.05, 0.1) is 22.5 Å². The first-order valence-electron chi connectivity index (χ1n) is 7.99. The van der Waals surface area contributed by atoms with E-state index < -0.39 is 0 Å². The molecular formula is C18H14BrN3O3. The monoisotopic (exact) mass is 399 g/mol. The Labute approximate surface area is 152 Å². The molecule has 0 unspecified atom stereocenters. The fraction of sp³-hybridized carbons (Fsp3) is 0.333. The Balaban J connectivity index is 1.51. The number of amides is 2. The van der Waals surface area contributed by atoms with Crippen LogP contribution in [0.25, 0.3) is 0 Å². The van der Waals surface area contributed by atoms with E-state index in [1.165, 1.54) is 6.21 Å². The molecule has 4 rings (SSSR count). The first kappa shape index (κ1) is 16.0. The molecule has 0 aromatic heterocycles. The summed E-state index contributed by atoms with van der Waals surface area (Å²) in [5.41, 5.74) is 0.718. The van der Waals surface area contributed by atoms with Crippen molar-refractivity contribution in [3.05, 3.63) is 40.4 Å². The van der Waals surface area contributed by atoms with Crippen molar-refractivity contribution in [2.24, 2.45) is 28.8 Å². The number of hydrogen-bond donors (Lipinski definition) is 0. The van der Waals surface area contributed by atoms with Crippen molar-refractivity contribution >= 4 is 34.0 Å². The van der Waals surface area contributed by atoms with Gasteiger partial charge in [-0.05, 0) is 57.9 Å². The van der Waals surface area contributed by atoms with Crippen LogP contribution in [0, 0.1) is 35.0 Å². The fourth-order valence-electron chi connectivity index (χ4n) is 3.95. The molecule has 0 radical (unpaired) electrons. The van der Waals surface area contributed by atoms with Crippen LogP contribution >= 0.6 is 15.9 Å². The largest absolute Gasteiger partial charge is 0.478 e. The molecule has 1 saturated heterocycles. The van der Waals surface area contributed by atoms with E-state index in [1.54, 1.807) is 18.2 Å². The number of imide groups is 1. The smallest absolute Gasteiger partial charge is 0.254 e. The van der Waals surface area contributed by atoms with Gasteiger partial charge in [0, 0.05) is 0 Å². The lowest BCUT2D eigenvalue weighted by Gasteiger charge is -2.13. The number of nitriles is 1. The summed E-state index contributed by atoms with van der Waals surface area (Å²) in [6.45, 7) is -0.0397. The van der Waals surface area contributed by atoms with Crippen LogP contribution in [-0.4, -0.2) is 29.6 Å². The van der Waals surface area contributed by atoms with Crippen LogP contribution in [0.5, 0.6) is 5.75 Å². The van der Waals surface area contributed by atoms with Gasteiger partial charge in [-0.3, -0.25) is 9.59 Å². The van der Waals surface area contributed by atoms with Crippen molar-refractivity contribution in [3.8, 4) is 11.8 Å². The van der Waals surface area contributed by atoms with E-state index in [9.17, 15) is 9.59 Å². The Morgan fingerprint density at radius 2 is 1.96 bits per heavy atom. The molecule has 3 aliphatic rings. The molecule has 7 heteroatoms. The number of allylic oxidation sites excluding steroid dienone is 2. The molecule has 2 bridgehead atoms. The lowest BCUT2D eigenvalue weighted by Crippen LogP contribution is -2.28. The Bertz CT molecular complexity index is 828. The first-order valence-corrected chi connectivity index (χ1v) is 8.79. The third-order valence-electron chi connectivity index (χ3n) is 5.02. The van der Waals surface area contributed by atoms with Crippen molar-refractivity contribution in [1.29, 1.82) is 5.26 Å². The van der Waals surface area contributed by atoms with Gasteiger partial charge in [-0.25, -0.2) is 0 Å². The normalized spacial score (nSPS) is 29.5.